The number of aromatic nitrogens is 1. The third kappa shape index (κ3) is 4.34. The molecule has 2 aromatic rings. The van der Waals surface area contributed by atoms with E-state index < -0.39 is 0 Å². The lowest BCUT2D eigenvalue weighted by atomic mass is 9.78. The summed E-state index contributed by atoms with van der Waals surface area (Å²) in [6.45, 7) is 3.90. The van der Waals surface area contributed by atoms with Crippen molar-refractivity contribution in [1.29, 1.82) is 0 Å². The predicted molar refractivity (Wildman–Crippen MR) is 112 cm³/mol. The van der Waals surface area contributed by atoms with E-state index in [0.29, 0.717) is 16.1 Å². The molecule has 1 spiro atoms. The smallest absolute Gasteiger partial charge is 0.273 e. The fourth-order valence-corrected chi connectivity index (χ4v) is 4.59. The molecule has 4 nitrogen and oxygen atoms in total. The van der Waals surface area contributed by atoms with Gasteiger partial charge in [0.15, 0.2) is 0 Å². The molecule has 0 unspecified atom stereocenters. The molecule has 0 aliphatic carbocycles. The third-order valence-corrected chi connectivity index (χ3v) is 6.40. The van der Waals surface area contributed by atoms with Crippen LogP contribution in [-0.2, 0) is 0 Å². The van der Waals surface area contributed by atoms with Crippen molar-refractivity contribution in [3.8, 4) is 10.6 Å². The summed E-state index contributed by atoms with van der Waals surface area (Å²) >= 11 is 7.43. The lowest BCUT2D eigenvalue weighted by Gasteiger charge is -2.38. The van der Waals surface area contributed by atoms with E-state index in [-0.39, 0.29) is 30.7 Å². The molecule has 2 fully saturated rings. The molecule has 0 atom stereocenters. The third-order valence-electron chi connectivity index (χ3n) is 5.26. The van der Waals surface area contributed by atoms with E-state index in [2.05, 4.69) is 10.3 Å². The molecule has 0 radical (unpaired) electrons. The Morgan fingerprint density at radius 3 is 2.46 bits per heavy atom. The first-order valence-electron chi connectivity index (χ1n) is 8.37. The zero-order valence-electron chi connectivity index (χ0n) is 14.2. The van der Waals surface area contributed by atoms with Gasteiger partial charge in [-0.25, -0.2) is 4.98 Å². The van der Waals surface area contributed by atoms with Crippen LogP contribution in [0.4, 0.5) is 0 Å². The molecule has 26 heavy (non-hydrogen) atoms. The normalized spacial score (nSPS) is 18.3. The van der Waals surface area contributed by atoms with Crippen molar-refractivity contribution in [3.63, 3.8) is 0 Å². The van der Waals surface area contributed by atoms with Crippen LogP contribution < -0.4 is 5.32 Å². The summed E-state index contributed by atoms with van der Waals surface area (Å²) in [5.74, 6) is 0.0623. The number of carbonyl (C=O) groups excluding carboxylic acids is 1. The molecular formula is C18H22Cl3N3OS. The van der Waals surface area contributed by atoms with Gasteiger partial charge in [0.05, 0.1) is 0 Å². The molecule has 142 valence electrons. The Kier molecular flexibility index (Phi) is 7.34. The van der Waals surface area contributed by atoms with Gasteiger partial charge in [0.1, 0.15) is 10.7 Å². The predicted octanol–water partition coefficient (Wildman–Crippen LogP) is 4.52. The molecule has 2 aliphatic rings. The molecule has 1 N–H and O–H groups in total. The largest absolute Gasteiger partial charge is 0.337 e. The standard InChI is InChI=1S/C18H20ClN3OS.2ClH/c19-14-3-1-13(2-4-14)16-21-15(11-24-16)17(23)22-9-6-18(7-10-22)5-8-20-12-18;;/h1-4,11,20H,5-10,12H2;2*1H. The van der Waals surface area contributed by atoms with Crippen LogP contribution in [0.5, 0.6) is 0 Å². The number of nitrogens with zero attached hydrogens (tertiary/aromatic N) is 2. The molecule has 2 saturated heterocycles. The average molecular weight is 435 g/mol. The first-order chi connectivity index (χ1) is 11.7. The van der Waals surface area contributed by atoms with Crippen LogP contribution in [0.15, 0.2) is 29.6 Å². The molecule has 1 amide bonds. The molecule has 2 aliphatic heterocycles. The summed E-state index contributed by atoms with van der Waals surface area (Å²) in [6, 6.07) is 7.57. The fourth-order valence-electron chi connectivity index (χ4n) is 3.67. The van der Waals surface area contributed by atoms with Crippen molar-refractivity contribution < 1.29 is 4.79 Å². The summed E-state index contributed by atoms with van der Waals surface area (Å²) in [7, 11) is 0. The van der Waals surface area contributed by atoms with Crippen LogP contribution >= 0.6 is 47.8 Å². The van der Waals surface area contributed by atoms with Gasteiger partial charge in [0.25, 0.3) is 5.91 Å². The summed E-state index contributed by atoms with van der Waals surface area (Å²) in [5, 5.41) is 6.90. The van der Waals surface area contributed by atoms with Crippen molar-refractivity contribution in [1.82, 2.24) is 15.2 Å². The molecule has 0 saturated carbocycles. The Labute approximate surface area is 175 Å². The monoisotopic (exact) mass is 433 g/mol. The van der Waals surface area contributed by atoms with Crippen LogP contribution in [0.2, 0.25) is 5.02 Å². The second-order valence-electron chi connectivity index (χ2n) is 6.76. The Morgan fingerprint density at radius 1 is 1.15 bits per heavy atom. The van der Waals surface area contributed by atoms with Crippen molar-refractivity contribution in [2.75, 3.05) is 26.2 Å². The zero-order valence-corrected chi connectivity index (χ0v) is 17.4. The van der Waals surface area contributed by atoms with E-state index in [9.17, 15) is 4.79 Å². The second-order valence-corrected chi connectivity index (χ2v) is 8.06. The van der Waals surface area contributed by atoms with Crippen molar-refractivity contribution in [3.05, 3.63) is 40.4 Å². The van der Waals surface area contributed by atoms with E-state index >= 15 is 0 Å². The quantitative estimate of drug-likeness (QED) is 0.755. The lowest BCUT2D eigenvalue weighted by Crippen LogP contribution is -2.44. The SMILES string of the molecule is Cl.Cl.O=C(c1csc(-c2ccc(Cl)cc2)n1)N1CCC2(CCNC2)CC1. The van der Waals surface area contributed by atoms with Gasteiger partial charge in [-0.15, -0.1) is 36.2 Å². The van der Waals surface area contributed by atoms with Crippen LogP contribution in [0.1, 0.15) is 29.8 Å². The van der Waals surface area contributed by atoms with Gasteiger partial charge in [0, 0.05) is 35.6 Å². The Morgan fingerprint density at radius 2 is 1.85 bits per heavy atom. The van der Waals surface area contributed by atoms with Gasteiger partial charge in [-0.2, -0.15) is 0 Å². The number of likely N-dealkylation sites (tertiary alicyclic amines) is 1. The zero-order chi connectivity index (χ0) is 16.6. The number of rotatable bonds is 2. The van der Waals surface area contributed by atoms with Crippen molar-refractivity contribution in [2.24, 2.45) is 5.41 Å². The van der Waals surface area contributed by atoms with Crippen molar-refractivity contribution in [2.45, 2.75) is 19.3 Å². The number of nitrogens with one attached hydrogen (secondary N) is 1. The van der Waals surface area contributed by atoms with Crippen LogP contribution in [0.3, 0.4) is 0 Å². The Balaban J connectivity index is 0.00000121. The fraction of sp³-hybridized carbons (Fsp3) is 0.444. The topological polar surface area (TPSA) is 45.2 Å². The highest BCUT2D eigenvalue weighted by Crippen LogP contribution is 2.37. The number of thiazole rings is 1. The van der Waals surface area contributed by atoms with Gasteiger partial charge >= 0.3 is 0 Å². The number of hydrogen-bond donors (Lipinski definition) is 1. The summed E-state index contributed by atoms with van der Waals surface area (Å²) in [5.41, 5.74) is 1.98. The molecule has 1 aromatic heterocycles. The first-order valence-corrected chi connectivity index (χ1v) is 9.63. The maximum Gasteiger partial charge on any atom is 0.273 e. The number of amides is 1. The van der Waals surface area contributed by atoms with E-state index in [1.54, 1.807) is 0 Å². The van der Waals surface area contributed by atoms with E-state index in [1.807, 2.05) is 34.5 Å². The minimum Gasteiger partial charge on any atom is -0.337 e. The maximum absolute atomic E-state index is 12.7. The van der Waals surface area contributed by atoms with E-state index in [1.165, 1.54) is 17.8 Å². The molecular weight excluding hydrogens is 413 g/mol. The minimum absolute atomic E-state index is 0. The maximum atomic E-state index is 12.7. The van der Waals surface area contributed by atoms with Gasteiger partial charge in [-0.05, 0) is 43.4 Å². The number of carbonyl (C=O) groups is 1. The lowest BCUT2D eigenvalue weighted by molar-refractivity contribution is 0.0603. The number of piperidine rings is 1. The second kappa shape index (κ2) is 8.89. The van der Waals surface area contributed by atoms with Crippen LogP contribution in [-0.4, -0.2) is 42.0 Å². The highest BCUT2D eigenvalue weighted by molar-refractivity contribution is 7.13. The van der Waals surface area contributed by atoms with Gasteiger partial charge in [0.2, 0.25) is 0 Å². The average Bonchev–Trinajstić information content (AvgIpc) is 3.26. The summed E-state index contributed by atoms with van der Waals surface area (Å²) < 4.78 is 0. The van der Waals surface area contributed by atoms with Crippen LogP contribution in [0, 0.1) is 5.41 Å². The molecule has 1 aromatic carbocycles. The first kappa shape index (κ1) is 21.5. The van der Waals surface area contributed by atoms with Gasteiger partial charge in [-0.1, -0.05) is 23.7 Å². The minimum atomic E-state index is 0. The summed E-state index contributed by atoms with van der Waals surface area (Å²) in [4.78, 5) is 19.2. The molecule has 0 bridgehead atoms. The highest BCUT2D eigenvalue weighted by atomic mass is 35.5. The highest BCUT2D eigenvalue weighted by Gasteiger charge is 2.38. The molecule has 8 heteroatoms. The molecule has 4 rings (SSSR count). The molecule has 3 heterocycles. The number of benzene rings is 1. The number of halogens is 3. The number of hydrogen-bond acceptors (Lipinski definition) is 4. The van der Waals surface area contributed by atoms with Crippen molar-refractivity contribution >= 4 is 53.7 Å². The Hall–Kier alpha value is -0.850. The van der Waals surface area contributed by atoms with Gasteiger partial charge in [-0.3, -0.25) is 4.79 Å². The Bertz CT molecular complexity index is 734. The van der Waals surface area contributed by atoms with E-state index in [4.69, 9.17) is 11.6 Å². The van der Waals surface area contributed by atoms with E-state index in [0.717, 1.165) is 49.6 Å². The van der Waals surface area contributed by atoms with Gasteiger partial charge < -0.3 is 10.2 Å². The summed E-state index contributed by atoms with van der Waals surface area (Å²) in [6.07, 6.45) is 3.44. The van der Waals surface area contributed by atoms with Crippen LogP contribution in [0.25, 0.3) is 10.6 Å².